The molecule has 154 valence electrons. The third kappa shape index (κ3) is 3.30. The Morgan fingerprint density at radius 1 is 0.935 bits per heavy atom. The van der Waals surface area contributed by atoms with Gasteiger partial charge in [-0.3, -0.25) is 9.36 Å². The number of fused-ring (bicyclic) bond motifs is 1. The van der Waals surface area contributed by atoms with E-state index in [4.69, 9.17) is 9.72 Å². The Morgan fingerprint density at radius 2 is 1.74 bits per heavy atom. The van der Waals surface area contributed by atoms with E-state index in [1.807, 2.05) is 84.0 Å². The van der Waals surface area contributed by atoms with E-state index in [2.05, 4.69) is 4.98 Å². The molecule has 5 aromatic rings. The first-order chi connectivity index (χ1) is 15.0. The molecule has 0 amide bonds. The van der Waals surface area contributed by atoms with Crippen LogP contribution in [-0.4, -0.2) is 23.7 Å². The van der Waals surface area contributed by atoms with Crippen LogP contribution in [0, 0.1) is 6.92 Å². The molecule has 0 saturated heterocycles. The Morgan fingerprint density at radius 3 is 2.45 bits per heavy atom. The topological polar surface area (TPSA) is 66.9 Å². The second kappa shape index (κ2) is 7.28. The van der Waals surface area contributed by atoms with Crippen molar-refractivity contribution in [3.05, 3.63) is 89.5 Å². The molecular weight excluding hydrogens is 390 g/mol. The van der Waals surface area contributed by atoms with Gasteiger partial charge in [0.05, 0.1) is 11.8 Å². The van der Waals surface area contributed by atoms with Crippen molar-refractivity contribution in [2.24, 2.45) is 14.1 Å². The molecule has 0 aliphatic rings. The number of para-hydroxylation sites is 1. The highest BCUT2D eigenvalue weighted by Gasteiger charge is 2.20. The molecule has 0 bridgehead atoms. The van der Waals surface area contributed by atoms with Gasteiger partial charge < -0.3 is 13.9 Å². The number of nitrogens with zero attached hydrogens (tertiary/aromatic N) is 5. The van der Waals surface area contributed by atoms with Crippen molar-refractivity contribution in [3.8, 4) is 28.4 Å². The van der Waals surface area contributed by atoms with E-state index in [1.54, 1.807) is 24.0 Å². The van der Waals surface area contributed by atoms with E-state index in [-0.39, 0.29) is 5.56 Å². The molecule has 7 heteroatoms. The van der Waals surface area contributed by atoms with Crippen LogP contribution in [0.4, 0.5) is 0 Å². The first-order valence-electron chi connectivity index (χ1n) is 9.91. The zero-order valence-electron chi connectivity index (χ0n) is 17.5. The van der Waals surface area contributed by atoms with E-state index in [0.29, 0.717) is 11.5 Å². The van der Waals surface area contributed by atoms with Crippen molar-refractivity contribution in [3.63, 3.8) is 0 Å². The highest BCUT2D eigenvalue weighted by atomic mass is 16.5. The van der Waals surface area contributed by atoms with Crippen LogP contribution in [0.3, 0.4) is 0 Å². The van der Waals surface area contributed by atoms with Crippen molar-refractivity contribution < 1.29 is 4.74 Å². The number of pyridine rings is 1. The van der Waals surface area contributed by atoms with Crippen molar-refractivity contribution in [2.75, 3.05) is 0 Å². The summed E-state index contributed by atoms with van der Waals surface area (Å²) < 4.78 is 11.8. The minimum atomic E-state index is -0.0642. The van der Waals surface area contributed by atoms with E-state index >= 15 is 0 Å². The van der Waals surface area contributed by atoms with E-state index < -0.39 is 0 Å². The number of ether oxygens (including phenoxy) is 1. The number of benzene rings is 2. The summed E-state index contributed by atoms with van der Waals surface area (Å²) in [5.74, 6) is 2.96. The van der Waals surface area contributed by atoms with Gasteiger partial charge in [-0.2, -0.15) is 0 Å². The van der Waals surface area contributed by atoms with E-state index in [1.165, 1.54) is 0 Å². The van der Waals surface area contributed by atoms with Crippen molar-refractivity contribution in [1.29, 1.82) is 0 Å². The van der Waals surface area contributed by atoms with Gasteiger partial charge in [-0.25, -0.2) is 9.97 Å². The molecule has 0 aliphatic carbocycles. The van der Waals surface area contributed by atoms with Crippen LogP contribution in [0.15, 0.2) is 78.1 Å². The van der Waals surface area contributed by atoms with Crippen LogP contribution < -0.4 is 10.3 Å². The van der Waals surface area contributed by atoms with Crippen LogP contribution in [0.1, 0.15) is 5.82 Å². The second-order valence-corrected chi connectivity index (χ2v) is 7.48. The highest BCUT2D eigenvalue weighted by Crippen LogP contribution is 2.39. The Hall–Kier alpha value is -4.13. The third-order valence-corrected chi connectivity index (χ3v) is 5.23. The summed E-state index contributed by atoms with van der Waals surface area (Å²) in [6.45, 7) is 1.95. The molecule has 0 saturated carbocycles. The van der Waals surface area contributed by atoms with Gasteiger partial charge in [0, 0.05) is 43.7 Å². The fraction of sp³-hybridized carbons (Fsp3) is 0.125. The summed E-state index contributed by atoms with van der Waals surface area (Å²) in [5.41, 5.74) is 3.30. The predicted octanol–water partition coefficient (Wildman–Crippen LogP) is 4.23. The summed E-state index contributed by atoms with van der Waals surface area (Å²) in [5, 5.41) is 0. The van der Waals surface area contributed by atoms with Gasteiger partial charge >= 0.3 is 0 Å². The molecule has 0 spiro atoms. The maximum Gasteiger partial charge on any atom is 0.250 e. The molecule has 7 nitrogen and oxygen atoms in total. The normalized spacial score (nSPS) is 11.2. The molecule has 0 atom stereocenters. The number of imidazole rings is 2. The number of aryl methyl sites for hydroxylation is 3. The monoisotopic (exact) mass is 411 g/mol. The molecule has 0 fully saturated rings. The minimum Gasteiger partial charge on any atom is -0.454 e. The molecule has 0 radical (unpaired) electrons. The standard InChI is InChI=1S/C24H21N5O2/c1-16-26-23-20(29(16)21-14-27(2)15-25-21)11-10-19(17-9-12-22(30)28(3)13-17)24(23)31-18-7-5-4-6-8-18/h4-15H,1-3H3. The van der Waals surface area contributed by atoms with Gasteiger partial charge in [0.2, 0.25) is 5.56 Å². The number of hydrogen-bond acceptors (Lipinski definition) is 4. The first kappa shape index (κ1) is 18.9. The van der Waals surface area contributed by atoms with Gasteiger partial charge in [-0.05, 0) is 37.3 Å². The van der Waals surface area contributed by atoms with Gasteiger partial charge in [0.1, 0.15) is 17.1 Å². The molecule has 0 unspecified atom stereocenters. The average molecular weight is 411 g/mol. The fourth-order valence-electron chi connectivity index (χ4n) is 3.73. The molecule has 3 heterocycles. The maximum atomic E-state index is 11.9. The minimum absolute atomic E-state index is 0.0642. The van der Waals surface area contributed by atoms with Gasteiger partial charge in [-0.1, -0.05) is 18.2 Å². The Kier molecular flexibility index (Phi) is 4.43. The smallest absolute Gasteiger partial charge is 0.250 e. The van der Waals surface area contributed by atoms with Gasteiger partial charge in [-0.15, -0.1) is 0 Å². The average Bonchev–Trinajstić information content (AvgIpc) is 3.33. The molecule has 0 aliphatic heterocycles. The zero-order chi connectivity index (χ0) is 21.5. The highest BCUT2D eigenvalue weighted by molar-refractivity contribution is 5.92. The van der Waals surface area contributed by atoms with Crippen LogP contribution in [0.5, 0.6) is 11.5 Å². The first-order valence-corrected chi connectivity index (χ1v) is 9.91. The van der Waals surface area contributed by atoms with E-state index in [9.17, 15) is 4.79 Å². The summed E-state index contributed by atoms with van der Waals surface area (Å²) in [6.07, 6.45) is 5.53. The van der Waals surface area contributed by atoms with Crippen LogP contribution in [-0.2, 0) is 14.1 Å². The Bertz CT molecular complexity index is 1460. The molecule has 5 rings (SSSR count). The number of hydrogen-bond donors (Lipinski definition) is 0. The lowest BCUT2D eigenvalue weighted by atomic mass is 10.1. The lowest BCUT2D eigenvalue weighted by Gasteiger charge is -2.13. The number of aromatic nitrogens is 5. The molecule has 0 N–H and O–H groups in total. The van der Waals surface area contributed by atoms with Gasteiger partial charge in [0.15, 0.2) is 11.6 Å². The molecule has 2 aromatic carbocycles. The predicted molar refractivity (Wildman–Crippen MR) is 120 cm³/mol. The molecule has 3 aromatic heterocycles. The second-order valence-electron chi connectivity index (χ2n) is 7.48. The Labute approximate surface area is 178 Å². The summed E-state index contributed by atoms with van der Waals surface area (Å²) >= 11 is 0. The van der Waals surface area contributed by atoms with Crippen molar-refractivity contribution >= 4 is 11.0 Å². The fourth-order valence-corrected chi connectivity index (χ4v) is 3.73. The van der Waals surface area contributed by atoms with E-state index in [0.717, 1.165) is 33.8 Å². The third-order valence-electron chi connectivity index (χ3n) is 5.23. The number of rotatable bonds is 4. The lowest BCUT2D eigenvalue weighted by Crippen LogP contribution is -2.14. The van der Waals surface area contributed by atoms with Crippen molar-refractivity contribution in [1.82, 2.24) is 23.7 Å². The van der Waals surface area contributed by atoms with Gasteiger partial charge in [0.25, 0.3) is 0 Å². The maximum absolute atomic E-state index is 11.9. The Balaban J connectivity index is 1.78. The quantitative estimate of drug-likeness (QED) is 0.444. The summed E-state index contributed by atoms with van der Waals surface area (Å²) in [6, 6.07) is 17.0. The summed E-state index contributed by atoms with van der Waals surface area (Å²) in [4.78, 5) is 21.2. The van der Waals surface area contributed by atoms with Crippen LogP contribution in [0.25, 0.3) is 28.0 Å². The van der Waals surface area contributed by atoms with Crippen LogP contribution in [0.2, 0.25) is 0 Å². The SMILES string of the molecule is Cc1nc2c(Oc3ccccc3)c(-c3ccc(=O)n(C)c3)ccc2n1-c1cn(C)cn1. The summed E-state index contributed by atoms with van der Waals surface area (Å²) in [7, 11) is 3.68. The van der Waals surface area contributed by atoms with Crippen LogP contribution >= 0.6 is 0 Å². The van der Waals surface area contributed by atoms with Crippen molar-refractivity contribution in [2.45, 2.75) is 6.92 Å². The zero-order valence-corrected chi connectivity index (χ0v) is 17.5. The molecule has 31 heavy (non-hydrogen) atoms. The largest absolute Gasteiger partial charge is 0.454 e. The lowest BCUT2D eigenvalue weighted by molar-refractivity contribution is 0.489. The molecular formula is C24H21N5O2.